The highest BCUT2D eigenvalue weighted by atomic mass is 35.5. The number of rotatable bonds is 7. The van der Waals surface area contributed by atoms with E-state index in [0.717, 1.165) is 24.9 Å². The first kappa shape index (κ1) is 22.7. The zero-order chi connectivity index (χ0) is 18.9. The Morgan fingerprint density at radius 1 is 0.929 bits per heavy atom. The highest BCUT2D eigenvalue weighted by molar-refractivity contribution is 5.89. The summed E-state index contributed by atoms with van der Waals surface area (Å²) in [5, 5.41) is 6.61. The minimum Gasteiger partial charge on any atom is -0.353 e. The molecule has 1 aromatic rings. The van der Waals surface area contributed by atoms with E-state index < -0.39 is 0 Å². The maximum absolute atomic E-state index is 12.6. The van der Waals surface area contributed by atoms with E-state index in [1.807, 2.05) is 30.3 Å². The lowest BCUT2D eigenvalue weighted by molar-refractivity contribution is -0.137. The third kappa shape index (κ3) is 6.78. The van der Waals surface area contributed by atoms with Gasteiger partial charge in [-0.3, -0.25) is 9.59 Å². The number of nitrogens with zero attached hydrogens (tertiary/aromatic N) is 1. The predicted octanol–water partition coefficient (Wildman–Crippen LogP) is 3.07. The van der Waals surface area contributed by atoms with Crippen LogP contribution in [-0.4, -0.2) is 48.4 Å². The molecule has 1 aromatic carbocycles. The van der Waals surface area contributed by atoms with Gasteiger partial charge in [0.1, 0.15) is 6.04 Å². The Kier molecular flexibility index (Phi) is 9.79. The number of carbonyl (C=O) groups is 2. The van der Waals surface area contributed by atoms with Crippen LogP contribution in [0.2, 0.25) is 0 Å². The predicted molar refractivity (Wildman–Crippen MR) is 115 cm³/mol. The minimum absolute atomic E-state index is 0. The fourth-order valence-corrected chi connectivity index (χ4v) is 4.27. The van der Waals surface area contributed by atoms with Crippen LogP contribution >= 0.6 is 12.4 Å². The third-order valence-electron chi connectivity index (χ3n) is 5.79. The Bertz CT molecular complexity index is 603. The maximum atomic E-state index is 12.6. The van der Waals surface area contributed by atoms with Crippen LogP contribution in [0.4, 0.5) is 0 Å². The quantitative estimate of drug-likeness (QED) is 0.539. The van der Waals surface area contributed by atoms with E-state index in [2.05, 4.69) is 10.6 Å². The molecule has 2 N–H and O–H groups in total. The standard InChI is InChI=1S/C22H33N3O2.ClH/c26-21(17-18-9-4-3-5-10-18)25-16-8-13-20(25)22(27)24-15-14-23-19-11-6-1-2-7-12-19;/h3-5,9-10,19-20,23H,1-2,6-8,11-17H2,(H,24,27);1H. The van der Waals surface area contributed by atoms with Gasteiger partial charge in [-0.1, -0.05) is 56.0 Å². The normalized spacial score (nSPS) is 20.3. The van der Waals surface area contributed by atoms with Crippen LogP contribution in [0.5, 0.6) is 0 Å². The summed E-state index contributed by atoms with van der Waals surface area (Å²) in [4.78, 5) is 27.0. The maximum Gasteiger partial charge on any atom is 0.242 e. The average molecular weight is 408 g/mol. The molecule has 1 heterocycles. The van der Waals surface area contributed by atoms with Crippen molar-refractivity contribution < 1.29 is 9.59 Å². The number of hydrogen-bond acceptors (Lipinski definition) is 3. The van der Waals surface area contributed by atoms with Gasteiger partial charge in [0, 0.05) is 25.7 Å². The molecule has 0 aromatic heterocycles. The Morgan fingerprint density at radius 3 is 2.36 bits per heavy atom. The Balaban J connectivity index is 0.00000280. The molecule has 1 saturated heterocycles. The monoisotopic (exact) mass is 407 g/mol. The lowest BCUT2D eigenvalue weighted by Gasteiger charge is -2.24. The molecule has 1 aliphatic carbocycles. The number of benzene rings is 1. The van der Waals surface area contributed by atoms with E-state index in [1.165, 1.54) is 38.5 Å². The van der Waals surface area contributed by atoms with Gasteiger partial charge in [-0.15, -0.1) is 12.4 Å². The summed E-state index contributed by atoms with van der Waals surface area (Å²) in [6.45, 7) is 2.12. The molecule has 1 unspecified atom stereocenters. The Morgan fingerprint density at radius 2 is 1.64 bits per heavy atom. The van der Waals surface area contributed by atoms with E-state index in [0.29, 0.717) is 25.6 Å². The van der Waals surface area contributed by atoms with Gasteiger partial charge in [0.15, 0.2) is 0 Å². The SMILES string of the molecule is Cl.O=C(NCCNC1CCCCCC1)C1CCCN1C(=O)Cc1ccccc1. The molecule has 2 fully saturated rings. The molecule has 2 amide bonds. The fraction of sp³-hybridized carbons (Fsp3) is 0.636. The molecule has 1 saturated carbocycles. The zero-order valence-corrected chi connectivity index (χ0v) is 17.5. The molecule has 1 aliphatic heterocycles. The number of amides is 2. The number of hydrogen-bond donors (Lipinski definition) is 2. The van der Waals surface area contributed by atoms with Crippen molar-refractivity contribution in [3.8, 4) is 0 Å². The first-order chi connectivity index (χ1) is 13.2. The molecule has 28 heavy (non-hydrogen) atoms. The molecule has 6 heteroatoms. The van der Waals surface area contributed by atoms with Crippen LogP contribution in [0.1, 0.15) is 56.9 Å². The minimum atomic E-state index is -0.306. The molecule has 2 aliphatic rings. The summed E-state index contributed by atoms with van der Waals surface area (Å²) < 4.78 is 0. The van der Waals surface area contributed by atoms with Crippen molar-refractivity contribution in [3.05, 3.63) is 35.9 Å². The van der Waals surface area contributed by atoms with Crippen LogP contribution in [0.3, 0.4) is 0 Å². The van der Waals surface area contributed by atoms with Gasteiger partial charge in [0.05, 0.1) is 6.42 Å². The summed E-state index contributed by atoms with van der Waals surface area (Å²) in [6, 6.07) is 10.0. The van der Waals surface area contributed by atoms with Crippen molar-refractivity contribution in [3.63, 3.8) is 0 Å². The van der Waals surface area contributed by atoms with E-state index in [4.69, 9.17) is 0 Å². The van der Waals surface area contributed by atoms with Gasteiger partial charge in [0.25, 0.3) is 0 Å². The van der Waals surface area contributed by atoms with Crippen LogP contribution in [-0.2, 0) is 16.0 Å². The number of nitrogens with one attached hydrogen (secondary N) is 2. The summed E-state index contributed by atoms with van der Waals surface area (Å²) in [7, 11) is 0. The van der Waals surface area contributed by atoms with Crippen LogP contribution in [0.25, 0.3) is 0 Å². The molecule has 5 nitrogen and oxygen atoms in total. The van der Waals surface area contributed by atoms with Gasteiger partial charge >= 0.3 is 0 Å². The van der Waals surface area contributed by atoms with Gasteiger partial charge in [-0.25, -0.2) is 0 Å². The molecular weight excluding hydrogens is 374 g/mol. The summed E-state index contributed by atoms with van der Waals surface area (Å²) in [5.74, 6) is 0.0482. The Hall–Kier alpha value is -1.59. The molecule has 0 radical (unpaired) electrons. The number of halogens is 1. The van der Waals surface area contributed by atoms with Crippen molar-refractivity contribution in [2.24, 2.45) is 0 Å². The van der Waals surface area contributed by atoms with E-state index in [-0.39, 0.29) is 30.3 Å². The van der Waals surface area contributed by atoms with Crippen molar-refractivity contribution in [1.29, 1.82) is 0 Å². The molecule has 1 atom stereocenters. The lowest BCUT2D eigenvalue weighted by atomic mass is 10.1. The molecule has 0 spiro atoms. The second kappa shape index (κ2) is 12.1. The summed E-state index contributed by atoms with van der Waals surface area (Å²) in [5.41, 5.74) is 1.00. The number of likely N-dealkylation sites (tertiary alicyclic amines) is 1. The van der Waals surface area contributed by atoms with Crippen LogP contribution in [0, 0.1) is 0 Å². The highest BCUT2D eigenvalue weighted by Gasteiger charge is 2.33. The lowest BCUT2D eigenvalue weighted by Crippen LogP contribution is -2.48. The van der Waals surface area contributed by atoms with Gasteiger partial charge in [-0.05, 0) is 31.2 Å². The highest BCUT2D eigenvalue weighted by Crippen LogP contribution is 2.19. The summed E-state index contributed by atoms with van der Waals surface area (Å²) in [6.07, 6.45) is 9.86. The van der Waals surface area contributed by atoms with E-state index >= 15 is 0 Å². The molecular formula is C22H34ClN3O2. The molecule has 3 rings (SSSR count). The fourth-order valence-electron chi connectivity index (χ4n) is 4.27. The van der Waals surface area contributed by atoms with Crippen LogP contribution < -0.4 is 10.6 Å². The average Bonchev–Trinajstić information content (AvgIpc) is 3.04. The van der Waals surface area contributed by atoms with Crippen LogP contribution in [0.15, 0.2) is 30.3 Å². The first-order valence-corrected chi connectivity index (χ1v) is 10.6. The van der Waals surface area contributed by atoms with Gasteiger partial charge in [0.2, 0.25) is 11.8 Å². The molecule has 156 valence electrons. The second-order valence-electron chi connectivity index (χ2n) is 7.84. The Labute approximate surface area is 175 Å². The largest absolute Gasteiger partial charge is 0.353 e. The summed E-state index contributed by atoms with van der Waals surface area (Å²) >= 11 is 0. The number of carbonyl (C=O) groups excluding carboxylic acids is 2. The van der Waals surface area contributed by atoms with Gasteiger partial charge < -0.3 is 15.5 Å². The zero-order valence-electron chi connectivity index (χ0n) is 16.7. The topological polar surface area (TPSA) is 61.4 Å². The van der Waals surface area contributed by atoms with Crippen molar-refractivity contribution in [2.75, 3.05) is 19.6 Å². The van der Waals surface area contributed by atoms with Gasteiger partial charge in [-0.2, -0.15) is 0 Å². The van der Waals surface area contributed by atoms with Crippen molar-refractivity contribution in [2.45, 2.75) is 69.9 Å². The van der Waals surface area contributed by atoms with E-state index in [1.54, 1.807) is 4.90 Å². The third-order valence-corrected chi connectivity index (χ3v) is 5.79. The van der Waals surface area contributed by atoms with Crippen molar-refractivity contribution in [1.82, 2.24) is 15.5 Å². The molecule has 0 bridgehead atoms. The van der Waals surface area contributed by atoms with Crippen molar-refractivity contribution >= 4 is 24.2 Å². The first-order valence-electron chi connectivity index (χ1n) is 10.6. The smallest absolute Gasteiger partial charge is 0.242 e. The van der Waals surface area contributed by atoms with E-state index in [9.17, 15) is 9.59 Å². The second-order valence-corrected chi connectivity index (χ2v) is 7.84.